The molecule has 0 radical (unpaired) electrons. The summed E-state index contributed by atoms with van der Waals surface area (Å²) >= 11 is -0.0222. The van der Waals surface area contributed by atoms with Gasteiger partial charge in [0.25, 0.3) is 0 Å². The standard InChI is InChI=1S/C20H22O5Se/c1-23-20-15(22)18-17(25-20)14(21)19(26-13-10-6-3-7-11-13)16(24-18)12-8-4-2-5-9-12/h2-11,14-22H,1H3/t14-,15+,16+,17+,18-,19-,20+/m0/s1. The molecule has 2 aliphatic rings. The topological polar surface area (TPSA) is 68.2 Å². The maximum atomic E-state index is 11.1. The Kier molecular flexibility index (Phi) is 5.43. The summed E-state index contributed by atoms with van der Waals surface area (Å²) in [5, 5.41) is 21.6. The van der Waals surface area contributed by atoms with Gasteiger partial charge >= 0.3 is 159 Å². The molecule has 4 rings (SSSR count). The summed E-state index contributed by atoms with van der Waals surface area (Å²) in [6.07, 6.45) is -3.95. The van der Waals surface area contributed by atoms with Gasteiger partial charge < -0.3 is 0 Å². The van der Waals surface area contributed by atoms with Crippen LogP contribution in [-0.2, 0) is 14.2 Å². The van der Waals surface area contributed by atoms with Crippen molar-refractivity contribution in [1.82, 2.24) is 0 Å². The molecule has 2 aromatic carbocycles. The van der Waals surface area contributed by atoms with Gasteiger partial charge in [0.05, 0.1) is 0 Å². The molecule has 2 N–H and O–H groups in total. The van der Waals surface area contributed by atoms with Gasteiger partial charge in [0.15, 0.2) is 0 Å². The van der Waals surface area contributed by atoms with Crippen molar-refractivity contribution >= 4 is 19.4 Å². The molecule has 6 heteroatoms. The average Bonchev–Trinajstić information content (AvgIpc) is 3.01. The molecule has 0 saturated carbocycles. The molecule has 0 spiro atoms. The molecule has 0 aromatic heterocycles. The van der Waals surface area contributed by atoms with E-state index >= 15 is 0 Å². The van der Waals surface area contributed by atoms with Crippen molar-refractivity contribution in [3.8, 4) is 0 Å². The monoisotopic (exact) mass is 422 g/mol. The Morgan fingerprint density at radius 1 is 0.846 bits per heavy atom. The van der Waals surface area contributed by atoms with Crippen molar-refractivity contribution < 1.29 is 24.4 Å². The molecule has 0 amide bonds. The molecular weight excluding hydrogens is 399 g/mol. The van der Waals surface area contributed by atoms with Gasteiger partial charge in [-0.2, -0.15) is 0 Å². The van der Waals surface area contributed by atoms with E-state index in [0.29, 0.717) is 0 Å². The minimum absolute atomic E-state index is 0.0222. The molecule has 26 heavy (non-hydrogen) atoms. The Morgan fingerprint density at radius 3 is 2.12 bits per heavy atom. The number of aliphatic hydroxyl groups excluding tert-OH is 2. The van der Waals surface area contributed by atoms with Crippen LogP contribution in [0.25, 0.3) is 0 Å². The Morgan fingerprint density at radius 2 is 1.46 bits per heavy atom. The zero-order valence-electron chi connectivity index (χ0n) is 14.3. The van der Waals surface area contributed by atoms with Gasteiger partial charge in [-0.05, 0) is 0 Å². The second-order valence-corrected chi connectivity index (χ2v) is 9.14. The Balaban J connectivity index is 1.66. The summed E-state index contributed by atoms with van der Waals surface area (Å²) < 4.78 is 18.4. The zero-order valence-corrected chi connectivity index (χ0v) is 16.1. The molecule has 5 nitrogen and oxygen atoms in total. The third-order valence-corrected chi connectivity index (χ3v) is 7.70. The Labute approximate surface area is 159 Å². The van der Waals surface area contributed by atoms with E-state index in [9.17, 15) is 10.2 Å². The molecular formula is C20H22O5Se. The Hall–Kier alpha value is -1.24. The van der Waals surface area contributed by atoms with Crippen molar-refractivity contribution in [2.24, 2.45) is 0 Å². The van der Waals surface area contributed by atoms with Gasteiger partial charge in [0.2, 0.25) is 0 Å². The molecule has 0 aliphatic carbocycles. The zero-order chi connectivity index (χ0) is 18.1. The molecule has 0 unspecified atom stereocenters. The molecule has 2 saturated heterocycles. The fraction of sp³-hybridized carbons (Fsp3) is 0.400. The first-order chi connectivity index (χ1) is 12.7. The minimum atomic E-state index is -0.920. The van der Waals surface area contributed by atoms with Crippen LogP contribution in [0.2, 0.25) is 4.82 Å². The number of hydrogen-bond donors (Lipinski definition) is 2. The second kappa shape index (κ2) is 7.79. The average molecular weight is 421 g/mol. The van der Waals surface area contributed by atoms with E-state index in [0.717, 1.165) is 5.56 Å². The van der Waals surface area contributed by atoms with Crippen molar-refractivity contribution in [2.75, 3.05) is 7.11 Å². The summed E-state index contributed by atoms with van der Waals surface area (Å²) in [6, 6.07) is 20.0. The van der Waals surface area contributed by atoms with E-state index in [4.69, 9.17) is 14.2 Å². The number of hydrogen-bond acceptors (Lipinski definition) is 5. The van der Waals surface area contributed by atoms with Crippen LogP contribution < -0.4 is 4.46 Å². The van der Waals surface area contributed by atoms with E-state index in [1.807, 2.05) is 48.5 Å². The number of aliphatic hydroxyl groups is 2. The van der Waals surface area contributed by atoms with Crippen molar-refractivity contribution in [1.29, 1.82) is 0 Å². The van der Waals surface area contributed by atoms with Gasteiger partial charge in [-0.15, -0.1) is 0 Å². The van der Waals surface area contributed by atoms with Crippen LogP contribution in [0, 0.1) is 0 Å². The van der Waals surface area contributed by atoms with Crippen LogP contribution in [0.5, 0.6) is 0 Å². The van der Waals surface area contributed by atoms with E-state index in [1.165, 1.54) is 11.6 Å². The van der Waals surface area contributed by atoms with Crippen LogP contribution in [0.1, 0.15) is 11.7 Å². The third kappa shape index (κ3) is 3.34. The fourth-order valence-electron chi connectivity index (χ4n) is 3.60. The predicted octanol–water partition coefficient (Wildman–Crippen LogP) is 1.04. The third-order valence-electron chi connectivity index (χ3n) is 4.88. The molecule has 0 bridgehead atoms. The predicted molar refractivity (Wildman–Crippen MR) is 97.3 cm³/mol. The molecule has 2 fully saturated rings. The van der Waals surface area contributed by atoms with Crippen LogP contribution in [0.15, 0.2) is 60.7 Å². The SMILES string of the molecule is CO[C@@H]1O[C@@H]2[C@H](O)[C@H]([Se]c3ccccc3)[C@@H](c3ccccc3)O[C@H]2[C@H]1O. The first kappa shape index (κ1) is 18.1. The van der Waals surface area contributed by atoms with Crippen molar-refractivity contribution in [2.45, 2.75) is 41.6 Å². The quantitative estimate of drug-likeness (QED) is 0.723. The summed E-state index contributed by atoms with van der Waals surface area (Å²) in [5.41, 5.74) is 1.00. The first-order valence-electron chi connectivity index (χ1n) is 8.65. The summed E-state index contributed by atoms with van der Waals surface area (Å²) in [6.45, 7) is 0. The van der Waals surface area contributed by atoms with Crippen molar-refractivity contribution in [3.05, 3.63) is 66.2 Å². The second-order valence-electron chi connectivity index (χ2n) is 6.51. The van der Waals surface area contributed by atoms with Gasteiger partial charge in [-0.3, -0.25) is 0 Å². The number of ether oxygens (including phenoxy) is 3. The summed E-state index contributed by atoms with van der Waals surface area (Å²) in [7, 11) is 1.48. The summed E-state index contributed by atoms with van der Waals surface area (Å²) in [5.74, 6) is 0. The molecule has 2 heterocycles. The van der Waals surface area contributed by atoms with Gasteiger partial charge in [-0.1, -0.05) is 0 Å². The fourth-order valence-corrected chi connectivity index (χ4v) is 6.26. The van der Waals surface area contributed by atoms with Gasteiger partial charge in [0.1, 0.15) is 0 Å². The molecule has 2 aromatic rings. The van der Waals surface area contributed by atoms with Crippen LogP contribution in [0.3, 0.4) is 0 Å². The number of rotatable bonds is 4. The Bertz CT molecular complexity index is 713. The van der Waals surface area contributed by atoms with E-state index in [-0.39, 0.29) is 25.9 Å². The molecule has 138 valence electrons. The van der Waals surface area contributed by atoms with Gasteiger partial charge in [-0.25, -0.2) is 0 Å². The molecule has 7 atom stereocenters. The van der Waals surface area contributed by atoms with Crippen LogP contribution in [0.4, 0.5) is 0 Å². The van der Waals surface area contributed by atoms with E-state index in [1.54, 1.807) is 0 Å². The van der Waals surface area contributed by atoms with E-state index < -0.39 is 30.7 Å². The van der Waals surface area contributed by atoms with E-state index in [2.05, 4.69) is 12.1 Å². The maximum absolute atomic E-state index is 11.1. The number of benzene rings is 2. The van der Waals surface area contributed by atoms with Crippen LogP contribution >= 0.6 is 0 Å². The van der Waals surface area contributed by atoms with Gasteiger partial charge in [0, 0.05) is 0 Å². The molecule has 2 aliphatic heterocycles. The van der Waals surface area contributed by atoms with Crippen LogP contribution in [-0.4, -0.2) is 63.0 Å². The number of methoxy groups -OCH3 is 1. The first-order valence-corrected chi connectivity index (χ1v) is 10.5. The summed E-state index contributed by atoms with van der Waals surface area (Å²) in [4.78, 5) is -0.128. The van der Waals surface area contributed by atoms with Crippen molar-refractivity contribution in [3.63, 3.8) is 0 Å². The normalized spacial score (nSPS) is 36.7. The number of fused-ring (bicyclic) bond motifs is 1.